The summed E-state index contributed by atoms with van der Waals surface area (Å²) < 4.78 is 0. The summed E-state index contributed by atoms with van der Waals surface area (Å²) >= 11 is 6.22. The summed E-state index contributed by atoms with van der Waals surface area (Å²) in [6.07, 6.45) is -0.358. The number of hydrogen-bond donors (Lipinski definition) is 0. The molecule has 3 amide bonds. The molecule has 0 radical (unpaired) electrons. The summed E-state index contributed by atoms with van der Waals surface area (Å²) in [5, 5.41) is 1.89. The van der Waals surface area contributed by atoms with Gasteiger partial charge in [0.05, 0.1) is 28.8 Å². The third-order valence-electron chi connectivity index (χ3n) is 5.35. The molecule has 0 saturated carbocycles. The van der Waals surface area contributed by atoms with Crippen molar-refractivity contribution in [1.29, 1.82) is 0 Å². The maximum Gasteiger partial charge on any atom is 0.262 e. The Morgan fingerprint density at radius 3 is 2.37 bits per heavy atom. The Hall–Kier alpha value is -2.73. The van der Waals surface area contributed by atoms with Gasteiger partial charge in [-0.3, -0.25) is 24.1 Å². The minimum absolute atomic E-state index is 0.238. The Balaban J connectivity index is 2.04. The number of imide groups is 1. The van der Waals surface area contributed by atoms with E-state index in [-0.39, 0.29) is 23.7 Å². The van der Waals surface area contributed by atoms with Crippen LogP contribution in [0.1, 0.15) is 53.5 Å². The van der Waals surface area contributed by atoms with Gasteiger partial charge in [-0.2, -0.15) is 0 Å². The second-order valence-electron chi connectivity index (χ2n) is 7.53. The van der Waals surface area contributed by atoms with Crippen LogP contribution in [0, 0.1) is 0 Å². The SMILES string of the molecule is CC(=O)CC(=O)N1C(=O)c2c(cc3cc(Cl)cc4c3c2C(=O)N4C)C1(C)C. The lowest BCUT2D eigenvalue weighted by molar-refractivity contribution is -0.135. The van der Waals surface area contributed by atoms with E-state index in [0.29, 0.717) is 27.2 Å². The van der Waals surface area contributed by atoms with Gasteiger partial charge >= 0.3 is 0 Å². The van der Waals surface area contributed by atoms with Gasteiger partial charge in [-0.05, 0) is 49.9 Å². The van der Waals surface area contributed by atoms with Crippen LogP contribution in [0.3, 0.4) is 0 Å². The van der Waals surface area contributed by atoms with E-state index >= 15 is 0 Å². The van der Waals surface area contributed by atoms with E-state index < -0.39 is 17.4 Å². The Labute approximate surface area is 160 Å². The van der Waals surface area contributed by atoms with Crippen LogP contribution in [0.2, 0.25) is 5.02 Å². The minimum atomic E-state index is -0.979. The van der Waals surface area contributed by atoms with Crippen molar-refractivity contribution in [2.75, 3.05) is 11.9 Å². The number of fused-ring (bicyclic) bond motifs is 2. The molecular formula is C20H17ClN2O4. The van der Waals surface area contributed by atoms with Crippen molar-refractivity contribution in [2.45, 2.75) is 32.7 Å². The van der Waals surface area contributed by atoms with Crippen LogP contribution in [-0.2, 0) is 15.1 Å². The number of Topliss-reactive ketones (excluding diaryl/α,β-unsaturated/α-hetero) is 1. The predicted molar refractivity (Wildman–Crippen MR) is 101 cm³/mol. The topological polar surface area (TPSA) is 74.8 Å². The number of rotatable bonds is 2. The van der Waals surface area contributed by atoms with Gasteiger partial charge in [0.2, 0.25) is 5.91 Å². The zero-order valence-electron chi connectivity index (χ0n) is 15.3. The van der Waals surface area contributed by atoms with E-state index in [2.05, 4.69) is 0 Å². The number of benzene rings is 2. The van der Waals surface area contributed by atoms with Gasteiger partial charge in [0.25, 0.3) is 11.8 Å². The molecule has 0 aliphatic carbocycles. The number of hydrogen-bond acceptors (Lipinski definition) is 4. The van der Waals surface area contributed by atoms with Crippen LogP contribution >= 0.6 is 11.6 Å². The Bertz CT molecular complexity index is 1100. The summed E-state index contributed by atoms with van der Waals surface area (Å²) in [6, 6.07) is 5.25. The monoisotopic (exact) mass is 384 g/mol. The first-order chi connectivity index (χ1) is 12.6. The molecule has 0 unspecified atom stereocenters. The van der Waals surface area contributed by atoms with Crippen molar-refractivity contribution in [3.63, 3.8) is 0 Å². The van der Waals surface area contributed by atoms with E-state index in [4.69, 9.17) is 11.6 Å². The van der Waals surface area contributed by atoms with E-state index in [1.54, 1.807) is 33.0 Å². The van der Waals surface area contributed by atoms with Crippen LogP contribution in [-0.4, -0.2) is 35.5 Å². The van der Waals surface area contributed by atoms with Gasteiger partial charge in [-0.25, -0.2) is 0 Å². The molecule has 0 saturated heterocycles. The van der Waals surface area contributed by atoms with Crippen LogP contribution in [0.4, 0.5) is 5.69 Å². The van der Waals surface area contributed by atoms with Crippen LogP contribution in [0.25, 0.3) is 10.8 Å². The first-order valence-electron chi connectivity index (χ1n) is 8.51. The molecule has 2 aliphatic rings. The van der Waals surface area contributed by atoms with Gasteiger partial charge in [-0.15, -0.1) is 0 Å². The smallest absolute Gasteiger partial charge is 0.262 e. The molecule has 7 heteroatoms. The number of carbonyl (C=O) groups is 4. The summed E-state index contributed by atoms with van der Waals surface area (Å²) in [5.74, 6) is -1.73. The summed E-state index contributed by atoms with van der Waals surface area (Å²) in [5.41, 5.74) is 0.784. The molecule has 2 heterocycles. The summed E-state index contributed by atoms with van der Waals surface area (Å²) in [7, 11) is 1.63. The lowest BCUT2D eigenvalue weighted by Crippen LogP contribution is -2.44. The number of ketones is 1. The maximum absolute atomic E-state index is 13.2. The number of anilines is 1. The molecule has 0 bridgehead atoms. The fourth-order valence-corrected chi connectivity index (χ4v) is 4.37. The minimum Gasteiger partial charge on any atom is -0.311 e. The molecule has 0 fully saturated rings. The van der Waals surface area contributed by atoms with Gasteiger partial charge in [0.1, 0.15) is 5.78 Å². The van der Waals surface area contributed by atoms with Gasteiger partial charge < -0.3 is 4.90 Å². The Morgan fingerprint density at radius 1 is 1.07 bits per heavy atom. The second kappa shape index (κ2) is 5.39. The molecule has 6 nitrogen and oxygen atoms in total. The molecule has 0 N–H and O–H groups in total. The van der Waals surface area contributed by atoms with E-state index in [9.17, 15) is 19.2 Å². The third-order valence-corrected chi connectivity index (χ3v) is 5.56. The average Bonchev–Trinajstić information content (AvgIpc) is 2.90. The van der Waals surface area contributed by atoms with Crippen molar-refractivity contribution in [3.8, 4) is 0 Å². The van der Waals surface area contributed by atoms with Crippen molar-refractivity contribution in [2.24, 2.45) is 0 Å². The molecular weight excluding hydrogens is 368 g/mol. The molecule has 4 rings (SSSR count). The number of amides is 3. The van der Waals surface area contributed by atoms with E-state index in [1.165, 1.54) is 11.8 Å². The lowest BCUT2D eigenvalue weighted by Gasteiger charge is -2.30. The quantitative estimate of drug-likeness (QED) is 0.745. The highest BCUT2D eigenvalue weighted by Crippen LogP contribution is 2.48. The van der Waals surface area contributed by atoms with E-state index in [0.717, 1.165) is 10.3 Å². The normalized spacial score (nSPS) is 17.1. The van der Waals surface area contributed by atoms with Crippen LogP contribution < -0.4 is 4.90 Å². The average molecular weight is 385 g/mol. The zero-order valence-corrected chi connectivity index (χ0v) is 16.1. The molecule has 2 aromatic rings. The van der Waals surface area contributed by atoms with Crippen molar-refractivity contribution in [3.05, 3.63) is 39.9 Å². The fourth-order valence-electron chi connectivity index (χ4n) is 4.15. The Morgan fingerprint density at radius 2 is 1.74 bits per heavy atom. The highest BCUT2D eigenvalue weighted by atomic mass is 35.5. The van der Waals surface area contributed by atoms with Crippen molar-refractivity contribution < 1.29 is 19.2 Å². The fraction of sp³-hybridized carbons (Fsp3) is 0.300. The summed E-state index contributed by atoms with van der Waals surface area (Å²) in [4.78, 5) is 52.7. The lowest BCUT2D eigenvalue weighted by atomic mass is 9.88. The second-order valence-corrected chi connectivity index (χ2v) is 7.97. The standard InChI is InChI=1S/C20H17ClN2O4/c1-9(24)5-14(25)23-19(27)16-12(20(23,2)3)7-10-6-11(21)8-13-15(10)17(16)18(26)22(13)4/h6-8H,5H2,1-4H3. The number of nitrogens with zero attached hydrogens (tertiary/aromatic N) is 2. The van der Waals surface area contributed by atoms with Gasteiger partial charge in [0.15, 0.2) is 0 Å². The van der Waals surface area contributed by atoms with E-state index in [1.807, 2.05) is 6.07 Å². The molecule has 27 heavy (non-hydrogen) atoms. The van der Waals surface area contributed by atoms with Gasteiger partial charge in [0, 0.05) is 17.5 Å². The molecule has 138 valence electrons. The van der Waals surface area contributed by atoms with Crippen molar-refractivity contribution >= 4 is 51.6 Å². The van der Waals surface area contributed by atoms with Crippen LogP contribution in [0.15, 0.2) is 18.2 Å². The maximum atomic E-state index is 13.2. The molecule has 2 aromatic carbocycles. The highest BCUT2D eigenvalue weighted by molar-refractivity contribution is 6.35. The first-order valence-corrected chi connectivity index (χ1v) is 8.89. The number of halogens is 1. The Kier molecular flexibility index (Phi) is 3.53. The molecule has 2 aliphatic heterocycles. The third kappa shape index (κ3) is 2.19. The highest BCUT2D eigenvalue weighted by Gasteiger charge is 2.50. The largest absolute Gasteiger partial charge is 0.311 e. The number of carbonyl (C=O) groups excluding carboxylic acids is 4. The van der Waals surface area contributed by atoms with Gasteiger partial charge in [-0.1, -0.05) is 11.6 Å². The van der Waals surface area contributed by atoms with Crippen molar-refractivity contribution in [1.82, 2.24) is 4.90 Å². The molecule has 0 aromatic heterocycles. The van der Waals surface area contributed by atoms with Crippen LogP contribution in [0.5, 0.6) is 0 Å². The first kappa shape index (κ1) is 17.7. The summed E-state index contributed by atoms with van der Waals surface area (Å²) in [6.45, 7) is 4.78. The molecule has 0 atom stereocenters. The zero-order chi connectivity index (χ0) is 19.8. The molecule has 0 spiro atoms. The predicted octanol–water partition coefficient (Wildman–Crippen LogP) is 3.28.